The van der Waals surface area contributed by atoms with Crippen LogP contribution < -0.4 is 21.5 Å². The Hall–Kier alpha value is -4.52. The minimum Gasteiger partial charge on any atom is -0.445 e. The first-order chi connectivity index (χ1) is 20.6. The molecule has 0 saturated heterocycles. The molecule has 2 heterocycles. The van der Waals surface area contributed by atoms with Crippen molar-refractivity contribution in [2.24, 2.45) is 11.8 Å². The minimum atomic E-state index is -0.955. The summed E-state index contributed by atoms with van der Waals surface area (Å²) in [5.74, 6) is -0.978. The first-order valence-electron chi connectivity index (χ1n) is 14.0. The Labute approximate surface area is 255 Å². The maximum Gasteiger partial charge on any atom is 0.408 e. The number of ether oxygens (including phenoxy) is 2. The van der Waals surface area contributed by atoms with Gasteiger partial charge in [-0.25, -0.2) is 14.6 Å². The summed E-state index contributed by atoms with van der Waals surface area (Å²) in [7, 11) is 0. The van der Waals surface area contributed by atoms with Crippen LogP contribution in [-0.4, -0.2) is 40.0 Å². The van der Waals surface area contributed by atoms with E-state index in [2.05, 4.69) is 31.5 Å². The van der Waals surface area contributed by atoms with Crippen LogP contribution in [0.5, 0.6) is 0 Å². The second-order valence-electron chi connectivity index (χ2n) is 10.6. The first kappa shape index (κ1) is 33.0. The fourth-order valence-corrected chi connectivity index (χ4v) is 4.79. The lowest BCUT2D eigenvalue weighted by atomic mass is 10.0. The Morgan fingerprint density at radius 2 is 1.49 bits per heavy atom. The number of hydrazine groups is 1. The zero-order valence-corrected chi connectivity index (χ0v) is 25.5. The van der Waals surface area contributed by atoms with E-state index >= 15 is 0 Å². The zero-order valence-electron chi connectivity index (χ0n) is 24.7. The fourth-order valence-electron chi connectivity index (χ4n) is 3.93. The van der Waals surface area contributed by atoms with Gasteiger partial charge in [-0.2, -0.15) is 0 Å². The highest BCUT2D eigenvalue weighted by molar-refractivity contribution is 7.09. The van der Waals surface area contributed by atoms with Crippen molar-refractivity contribution in [2.45, 2.75) is 65.8 Å². The van der Waals surface area contributed by atoms with Crippen molar-refractivity contribution in [3.05, 3.63) is 82.1 Å². The molecule has 1 aromatic carbocycles. The lowest BCUT2D eigenvalue weighted by Crippen LogP contribution is -2.52. The van der Waals surface area contributed by atoms with Crippen LogP contribution in [0.3, 0.4) is 0 Å². The van der Waals surface area contributed by atoms with E-state index in [-0.39, 0.29) is 30.7 Å². The van der Waals surface area contributed by atoms with Gasteiger partial charge in [-0.3, -0.25) is 25.4 Å². The number of thiazole rings is 1. The van der Waals surface area contributed by atoms with Gasteiger partial charge in [0.15, 0.2) is 0 Å². The van der Waals surface area contributed by atoms with Gasteiger partial charge in [-0.05, 0) is 42.4 Å². The Kier molecular flexibility index (Phi) is 12.9. The van der Waals surface area contributed by atoms with E-state index in [9.17, 15) is 19.2 Å². The van der Waals surface area contributed by atoms with Crippen molar-refractivity contribution < 1.29 is 28.7 Å². The molecule has 230 valence electrons. The van der Waals surface area contributed by atoms with E-state index < -0.39 is 36.1 Å². The molecule has 0 aliphatic rings. The normalized spacial score (nSPS) is 12.2. The molecule has 3 rings (SSSR count). The molecule has 3 aromatic rings. The van der Waals surface area contributed by atoms with Gasteiger partial charge >= 0.3 is 12.2 Å². The number of hydrogen-bond acceptors (Lipinski definition) is 9. The number of hydrogen-bond donors (Lipinski definition) is 4. The van der Waals surface area contributed by atoms with Gasteiger partial charge in [0, 0.05) is 11.6 Å². The van der Waals surface area contributed by atoms with Crippen LogP contribution in [0.25, 0.3) is 0 Å². The largest absolute Gasteiger partial charge is 0.445 e. The quantitative estimate of drug-likeness (QED) is 0.203. The molecule has 0 radical (unpaired) electrons. The van der Waals surface area contributed by atoms with E-state index in [1.807, 2.05) is 58.0 Å². The van der Waals surface area contributed by atoms with Crippen molar-refractivity contribution >= 4 is 35.3 Å². The molecular formula is C30H38N6O6S. The molecule has 0 bridgehead atoms. The van der Waals surface area contributed by atoms with Gasteiger partial charge in [0.25, 0.3) is 11.8 Å². The average Bonchev–Trinajstić information content (AvgIpc) is 3.48. The number of benzene rings is 1. The number of alkyl carbamates (subject to hydrolysis) is 2. The lowest BCUT2D eigenvalue weighted by molar-refractivity contribution is -0.124. The van der Waals surface area contributed by atoms with E-state index in [1.165, 1.54) is 11.3 Å². The summed E-state index contributed by atoms with van der Waals surface area (Å²) in [6.07, 6.45) is 1.09. The first-order valence-corrected chi connectivity index (χ1v) is 14.8. The molecule has 0 aliphatic heterocycles. The number of pyridine rings is 1. The maximum absolute atomic E-state index is 12.9. The number of carbonyl (C=O) groups excluding carboxylic acids is 4. The topological polar surface area (TPSA) is 161 Å². The fraction of sp³-hybridized carbons (Fsp3) is 0.400. The third kappa shape index (κ3) is 11.7. The number of nitrogens with zero attached hydrogens (tertiary/aromatic N) is 2. The molecule has 43 heavy (non-hydrogen) atoms. The summed E-state index contributed by atoms with van der Waals surface area (Å²) in [6, 6.07) is 13.1. The molecule has 2 atom stereocenters. The number of amides is 4. The molecule has 0 aliphatic carbocycles. The number of aromatic nitrogens is 2. The number of nitrogens with one attached hydrogen (secondary N) is 4. The predicted octanol–water partition coefficient (Wildman–Crippen LogP) is 4.65. The van der Waals surface area contributed by atoms with E-state index in [1.54, 1.807) is 29.8 Å². The average molecular weight is 611 g/mol. The van der Waals surface area contributed by atoms with Gasteiger partial charge in [-0.1, -0.05) is 64.1 Å². The smallest absolute Gasteiger partial charge is 0.408 e. The summed E-state index contributed by atoms with van der Waals surface area (Å²) in [5.41, 5.74) is 6.19. The van der Waals surface area contributed by atoms with Gasteiger partial charge in [0.2, 0.25) is 0 Å². The zero-order chi connectivity index (χ0) is 31.2. The molecule has 0 spiro atoms. The van der Waals surface area contributed by atoms with Crippen molar-refractivity contribution in [2.75, 3.05) is 0 Å². The van der Waals surface area contributed by atoms with Gasteiger partial charge in [0.05, 0.1) is 11.7 Å². The highest BCUT2D eigenvalue weighted by Crippen LogP contribution is 2.25. The summed E-state index contributed by atoms with van der Waals surface area (Å²) < 4.78 is 10.5. The van der Waals surface area contributed by atoms with Gasteiger partial charge in [-0.15, -0.1) is 11.3 Å². The second kappa shape index (κ2) is 16.8. The summed E-state index contributed by atoms with van der Waals surface area (Å²) in [4.78, 5) is 59.0. The standard InChI is InChI=1S/C30H38N6O6S/c1-19(2)14-23(33-29(39)42-17-22-12-8-9-13-31-22)26(37)35-36-27(38)25-18-43-28(32-25)24(15-20(3)4)34-30(40)41-16-21-10-6-5-7-11-21/h5-13,18-20,23-24H,14-17H2,1-4H3,(H,33,39)(H,34,40)(H,35,37)(H,36,38)/t23-,24-/m0/s1. The Morgan fingerprint density at radius 1 is 0.814 bits per heavy atom. The Morgan fingerprint density at radius 3 is 2.16 bits per heavy atom. The third-order valence-electron chi connectivity index (χ3n) is 5.96. The van der Waals surface area contributed by atoms with E-state index in [4.69, 9.17) is 9.47 Å². The third-order valence-corrected chi connectivity index (χ3v) is 6.92. The van der Waals surface area contributed by atoms with Crippen LogP contribution in [-0.2, 0) is 27.5 Å². The lowest BCUT2D eigenvalue weighted by Gasteiger charge is -2.20. The van der Waals surface area contributed by atoms with Crippen molar-refractivity contribution in [1.82, 2.24) is 31.5 Å². The monoisotopic (exact) mass is 610 g/mol. The van der Waals surface area contributed by atoms with Crippen LogP contribution in [0.1, 0.15) is 73.3 Å². The van der Waals surface area contributed by atoms with Crippen LogP contribution in [0, 0.1) is 11.8 Å². The summed E-state index contributed by atoms with van der Waals surface area (Å²) in [5, 5.41) is 7.45. The minimum absolute atomic E-state index is 0.0526. The highest BCUT2D eigenvalue weighted by Gasteiger charge is 2.25. The van der Waals surface area contributed by atoms with Crippen molar-refractivity contribution in [3.63, 3.8) is 0 Å². The molecule has 0 unspecified atom stereocenters. The molecule has 4 amide bonds. The molecule has 2 aromatic heterocycles. The van der Waals surface area contributed by atoms with E-state index in [0.29, 0.717) is 23.5 Å². The molecule has 0 fully saturated rings. The molecule has 4 N–H and O–H groups in total. The number of carbonyl (C=O) groups is 4. The summed E-state index contributed by atoms with van der Waals surface area (Å²) >= 11 is 1.21. The second-order valence-corrected chi connectivity index (χ2v) is 11.5. The molecule has 12 nitrogen and oxygen atoms in total. The van der Waals surface area contributed by atoms with Crippen LogP contribution in [0.2, 0.25) is 0 Å². The van der Waals surface area contributed by atoms with E-state index in [0.717, 1.165) is 5.56 Å². The van der Waals surface area contributed by atoms with Crippen LogP contribution in [0.4, 0.5) is 9.59 Å². The van der Waals surface area contributed by atoms with Crippen molar-refractivity contribution in [1.29, 1.82) is 0 Å². The predicted molar refractivity (Wildman–Crippen MR) is 160 cm³/mol. The van der Waals surface area contributed by atoms with Crippen molar-refractivity contribution in [3.8, 4) is 0 Å². The highest BCUT2D eigenvalue weighted by atomic mass is 32.1. The van der Waals surface area contributed by atoms with Crippen LogP contribution >= 0.6 is 11.3 Å². The Balaban J connectivity index is 1.54. The van der Waals surface area contributed by atoms with Gasteiger partial charge < -0.3 is 20.1 Å². The Bertz CT molecular complexity index is 1340. The maximum atomic E-state index is 12.9. The molecule has 0 saturated carbocycles. The van der Waals surface area contributed by atoms with Gasteiger partial charge in [0.1, 0.15) is 30.0 Å². The summed E-state index contributed by atoms with van der Waals surface area (Å²) in [6.45, 7) is 7.89. The number of rotatable bonds is 13. The SMILES string of the molecule is CC(C)C[C@H](NC(=O)OCc1ccccn1)C(=O)NNC(=O)c1csc([C@H](CC(C)C)NC(=O)OCc2ccccc2)n1. The molecular weight excluding hydrogens is 572 g/mol. The molecule has 13 heteroatoms. The van der Waals surface area contributed by atoms with Crippen LogP contribution in [0.15, 0.2) is 60.1 Å².